The minimum Gasteiger partial charge on any atom is -0.510 e. The Bertz CT molecular complexity index is 4250. The van der Waals surface area contributed by atoms with Gasteiger partial charge in [0.2, 0.25) is 0 Å². The SMILES string of the molecule is CC(C)(C)c1ccc(-c2ccc3c(c2)n(-c2[c-]c(Oc4[c-]c5c(cc4)c4ccccc4n5-c4cc(C(C)(C)C)ccn4)ccc2)[c-][n+]3-c2c(-c3cccc(C(C)(C)C)c3)cc(C(C)(C)C)cc2-c2cc(C(C)(C)C)cc(C(C)(C)C)c2)cc1.[Pt]. The molecule has 0 radical (unpaired) electrons. The Labute approximate surface area is 515 Å². The summed E-state index contributed by atoms with van der Waals surface area (Å²) in [5.41, 5.74) is 19.9. The largest absolute Gasteiger partial charge is 0.510 e. The molecule has 0 unspecified atom stereocenters. The van der Waals surface area contributed by atoms with Gasteiger partial charge in [-0.2, -0.15) is 18.2 Å². The summed E-state index contributed by atoms with van der Waals surface area (Å²) in [6, 6.07) is 67.9. The summed E-state index contributed by atoms with van der Waals surface area (Å²) in [4.78, 5) is 4.93. The predicted octanol–water partition coefficient (Wildman–Crippen LogP) is 20.4. The van der Waals surface area contributed by atoms with Crippen LogP contribution < -0.4 is 9.30 Å². The summed E-state index contributed by atoms with van der Waals surface area (Å²) < 4.78 is 13.6. The van der Waals surface area contributed by atoms with Gasteiger partial charge in [0.05, 0.1) is 16.7 Å². The van der Waals surface area contributed by atoms with Crippen LogP contribution >= 0.6 is 0 Å². The van der Waals surface area contributed by atoms with Crippen LogP contribution in [0, 0.1) is 18.5 Å². The molecule has 0 aliphatic heterocycles. The van der Waals surface area contributed by atoms with Crippen LogP contribution in [0.2, 0.25) is 0 Å². The van der Waals surface area contributed by atoms with E-state index in [1.165, 1.54) is 38.9 Å². The minimum absolute atomic E-state index is 0. The number of hydrogen-bond donors (Lipinski definition) is 0. The molecule has 0 spiro atoms. The van der Waals surface area contributed by atoms with Crippen LogP contribution in [0.3, 0.4) is 0 Å². The smallest absolute Gasteiger partial charge is 0.268 e. The van der Waals surface area contributed by atoms with Crippen LogP contribution in [-0.2, 0) is 53.6 Å². The number of benzene rings is 8. The van der Waals surface area contributed by atoms with E-state index in [1.54, 1.807) is 0 Å². The van der Waals surface area contributed by atoms with Crippen molar-refractivity contribution in [3.63, 3.8) is 0 Å². The van der Waals surface area contributed by atoms with Gasteiger partial charge in [0, 0.05) is 44.3 Å². The number of aromatic nitrogens is 4. The first-order valence-corrected chi connectivity index (χ1v) is 29.6. The van der Waals surface area contributed by atoms with Gasteiger partial charge >= 0.3 is 0 Å². The maximum Gasteiger partial charge on any atom is 0.268 e. The van der Waals surface area contributed by atoms with Gasteiger partial charge in [0.25, 0.3) is 6.33 Å². The molecule has 432 valence electrons. The molecule has 6 heteroatoms. The first-order chi connectivity index (χ1) is 38.9. The van der Waals surface area contributed by atoms with Gasteiger partial charge in [-0.25, -0.2) is 4.98 Å². The van der Waals surface area contributed by atoms with Crippen LogP contribution in [-0.4, -0.2) is 14.1 Å². The molecule has 0 N–H and O–H groups in total. The maximum atomic E-state index is 6.88. The Hall–Kier alpha value is -7.33. The molecule has 0 aliphatic carbocycles. The average molecular weight is 1290 g/mol. The molecule has 0 amide bonds. The third kappa shape index (κ3) is 11.8. The molecule has 8 aromatic carbocycles. The number of rotatable bonds is 8. The molecule has 5 nitrogen and oxygen atoms in total. The molecule has 11 rings (SSSR count). The fraction of sp³-hybridized carbons (Fsp3) is 0.308. The summed E-state index contributed by atoms with van der Waals surface area (Å²) in [5.74, 6) is 1.99. The summed E-state index contributed by atoms with van der Waals surface area (Å²) >= 11 is 0. The van der Waals surface area contributed by atoms with E-state index in [2.05, 4.69) is 308 Å². The number of imidazole rings is 1. The van der Waals surface area contributed by atoms with Crippen molar-refractivity contribution >= 4 is 32.8 Å². The van der Waals surface area contributed by atoms with E-state index >= 15 is 0 Å². The van der Waals surface area contributed by atoms with Crippen molar-refractivity contribution in [2.75, 3.05) is 0 Å². The molecule has 0 atom stereocenters. The molecule has 0 aliphatic rings. The van der Waals surface area contributed by atoms with E-state index in [4.69, 9.17) is 9.72 Å². The Morgan fingerprint density at radius 1 is 0.405 bits per heavy atom. The van der Waals surface area contributed by atoms with Gasteiger partial charge in [0.15, 0.2) is 0 Å². The van der Waals surface area contributed by atoms with Crippen molar-refractivity contribution in [2.24, 2.45) is 0 Å². The normalized spacial score (nSPS) is 12.8. The molecule has 11 aromatic rings. The van der Waals surface area contributed by atoms with Gasteiger partial charge in [-0.05, 0) is 135 Å². The quantitative estimate of drug-likeness (QED) is 0.112. The van der Waals surface area contributed by atoms with Crippen LogP contribution in [0.5, 0.6) is 11.5 Å². The maximum absolute atomic E-state index is 6.88. The zero-order valence-corrected chi connectivity index (χ0v) is 55.0. The summed E-state index contributed by atoms with van der Waals surface area (Å²) in [7, 11) is 0. The third-order valence-corrected chi connectivity index (χ3v) is 16.6. The average Bonchev–Trinajstić information content (AvgIpc) is 1.51. The van der Waals surface area contributed by atoms with E-state index in [0.717, 1.165) is 77.8 Å². The Morgan fingerprint density at radius 2 is 0.964 bits per heavy atom. The second-order valence-electron chi connectivity index (χ2n) is 29.2. The molecular formula is C78H82N4OPt-2. The van der Waals surface area contributed by atoms with Crippen molar-refractivity contribution in [2.45, 2.75) is 157 Å². The summed E-state index contributed by atoms with van der Waals surface area (Å²) in [6.45, 7) is 41.4. The first kappa shape index (κ1) is 59.8. The number of pyridine rings is 1. The molecule has 0 saturated heterocycles. The Morgan fingerprint density at radius 3 is 1.61 bits per heavy atom. The Kier molecular flexibility index (Phi) is 15.4. The van der Waals surface area contributed by atoms with Crippen molar-refractivity contribution < 1.29 is 30.4 Å². The fourth-order valence-electron chi connectivity index (χ4n) is 11.3. The number of hydrogen-bond acceptors (Lipinski definition) is 2. The number of nitrogens with zero attached hydrogens (tertiary/aromatic N) is 4. The van der Waals surface area contributed by atoms with Gasteiger partial charge < -0.3 is 13.9 Å². The first-order valence-electron chi connectivity index (χ1n) is 29.6. The van der Waals surface area contributed by atoms with Gasteiger partial charge in [-0.3, -0.25) is 4.57 Å². The van der Waals surface area contributed by atoms with Crippen LogP contribution in [0.25, 0.3) is 83.4 Å². The fourth-order valence-corrected chi connectivity index (χ4v) is 11.3. The second-order valence-corrected chi connectivity index (χ2v) is 29.2. The third-order valence-electron chi connectivity index (χ3n) is 16.6. The molecule has 84 heavy (non-hydrogen) atoms. The number of para-hydroxylation sites is 1. The van der Waals surface area contributed by atoms with Gasteiger partial charge in [-0.15, -0.1) is 29.7 Å². The number of ether oxygens (including phenoxy) is 1. The standard InChI is InChI=1S/C78H82N4O.Pt/c1-73(2,3)54-32-29-50(30-33-54)51-31-36-68-70(42-51)80(60-25-22-26-61(47-60)83-62-34-35-64-63-27-19-20-28-67(63)82(69(64)48-62)71-46-56(37-38-79-71)75(7,8)9)49-81(68)72-65(52-23-21-24-55(39-52)74(4,5)6)44-59(78(16,17)18)45-66(72)53-40-57(76(10,11)12)43-58(41-53)77(13,14)15;/h19-46H,1-18H3;/q-2;. The van der Waals surface area contributed by atoms with Gasteiger partial charge in [0.1, 0.15) is 5.82 Å². The van der Waals surface area contributed by atoms with E-state index < -0.39 is 0 Å². The number of fused-ring (bicyclic) bond motifs is 4. The van der Waals surface area contributed by atoms with E-state index in [0.29, 0.717) is 11.5 Å². The van der Waals surface area contributed by atoms with E-state index in [1.807, 2.05) is 18.3 Å². The van der Waals surface area contributed by atoms with Crippen molar-refractivity contribution in [3.8, 4) is 62.1 Å². The van der Waals surface area contributed by atoms with E-state index in [9.17, 15) is 0 Å². The van der Waals surface area contributed by atoms with Gasteiger partial charge in [-0.1, -0.05) is 239 Å². The molecular weight excluding hydrogens is 1200 g/mol. The second kappa shape index (κ2) is 21.6. The van der Waals surface area contributed by atoms with Crippen LogP contribution in [0.1, 0.15) is 158 Å². The van der Waals surface area contributed by atoms with Crippen LogP contribution in [0.4, 0.5) is 0 Å². The van der Waals surface area contributed by atoms with Crippen LogP contribution in [0.15, 0.2) is 170 Å². The molecule has 0 bridgehead atoms. The molecule has 0 saturated carbocycles. The molecule has 3 heterocycles. The van der Waals surface area contributed by atoms with Crippen molar-refractivity contribution in [1.29, 1.82) is 0 Å². The topological polar surface area (TPSA) is 35.9 Å². The Balaban J connectivity index is 0.00000786. The molecule has 3 aromatic heterocycles. The monoisotopic (exact) mass is 1290 g/mol. The van der Waals surface area contributed by atoms with Crippen molar-refractivity contribution in [3.05, 3.63) is 222 Å². The zero-order chi connectivity index (χ0) is 59.3. The molecule has 0 fully saturated rings. The summed E-state index contributed by atoms with van der Waals surface area (Å²) in [5, 5.41) is 2.21. The van der Waals surface area contributed by atoms with E-state index in [-0.39, 0.29) is 53.6 Å². The summed E-state index contributed by atoms with van der Waals surface area (Å²) in [6.07, 6.45) is 5.95. The minimum atomic E-state index is -0.167. The van der Waals surface area contributed by atoms with Crippen molar-refractivity contribution in [1.82, 2.24) is 14.1 Å². The predicted molar refractivity (Wildman–Crippen MR) is 348 cm³/mol. The zero-order valence-electron chi connectivity index (χ0n) is 52.7.